The van der Waals surface area contributed by atoms with Crippen LogP contribution in [0.15, 0.2) is 42.5 Å². The molecule has 132 valence electrons. The van der Waals surface area contributed by atoms with E-state index in [4.69, 9.17) is 0 Å². The van der Waals surface area contributed by atoms with Gasteiger partial charge in [-0.05, 0) is 43.9 Å². The monoisotopic (exact) mass is 365 g/mol. The van der Waals surface area contributed by atoms with E-state index in [1.54, 1.807) is 18.6 Å². The zero-order chi connectivity index (χ0) is 17.5. The number of phenols is 1. The zero-order valence-corrected chi connectivity index (χ0v) is 15.0. The van der Waals surface area contributed by atoms with Gasteiger partial charge in [0.05, 0.1) is 17.6 Å². The number of aromatic hydroxyl groups is 1. The minimum atomic E-state index is 0.200. The van der Waals surface area contributed by atoms with Gasteiger partial charge in [-0.25, -0.2) is 4.98 Å². The third-order valence-electron chi connectivity index (χ3n) is 5.13. The maximum absolute atomic E-state index is 10.4. The normalized spacial score (nSPS) is 23.6. The maximum atomic E-state index is 10.4. The van der Waals surface area contributed by atoms with Crippen molar-refractivity contribution in [2.45, 2.75) is 37.8 Å². The topological polar surface area (TPSA) is 75.9 Å². The Morgan fingerprint density at radius 1 is 1.19 bits per heavy atom. The smallest absolute Gasteiger partial charge is 0.151 e. The van der Waals surface area contributed by atoms with Crippen molar-refractivity contribution in [2.75, 3.05) is 0 Å². The Hall–Kier alpha value is -2.51. The van der Waals surface area contributed by atoms with E-state index in [1.807, 2.05) is 22.9 Å². The number of nitrogens with zero attached hydrogens (tertiary/aromatic N) is 4. The van der Waals surface area contributed by atoms with E-state index >= 15 is 0 Å². The molecular formula is C19H19N5OS. The van der Waals surface area contributed by atoms with Crippen molar-refractivity contribution in [3.63, 3.8) is 0 Å². The second-order valence-electron chi connectivity index (χ2n) is 6.97. The molecule has 2 aromatic heterocycles. The summed E-state index contributed by atoms with van der Waals surface area (Å²) in [6, 6.07) is 6.81. The first-order chi connectivity index (χ1) is 12.7. The van der Waals surface area contributed by atoms with Gasteiger partial charge in [0.1, 0.15) is 10.8 Å². The standard InChI is InChI=1S/C19H19N5OS/c25-17-10-15(24-6-5-20-11-24)3-4-16(17)19-23-22-18(26-19)9-12-7-13-1-2-14(8-12)21-13/h3-6,9-11,13-14,21,25H,1-2,7-8H2/t13-,14+. The van der Waals surface area contributed by atoms with Gasteiger partial charge in [0.2, 0.25) is 0 Å². The highest BCUT2D eigenvalue weighted by Gasteiger charge is 2.30. The summed E-state index contributed by atoms with van der Waals surface area (Å²) in [5.74, 6) is 0.200. The summed E-state index contributed by atoms with van der Waals surface area (Å²) in [6.07, 6.45) is 12.2. The highest BCUT2D eigenvalue weighted by atomic mass is 32.1. The van der Waals surface area contributed by atoms with Crippen LogP contribution in [-0.4, -0.2) is 36.9 Å². The first kappa shape index (κ1) is 15.7. The molecule has 26 heavy (non-hydrogen) atoms. The number of hydrogen-bond donors (Lipinski definition) is 2. The number of imidazole rings is 1. The zero-order valence-electron chi connectivity index (χ0n) is 14.2. The van der Waals surface area contributed by atoms with E-state index < -0.39 is 0 Å². The summed E-state index contributed by atoms with van der Waals surface area (Å²) < 4.78 is 1.85. The highest BCUT2D eigenvalue weighted by molar-refractivity contribution is 7.15. The van der Waals surface area contributed by atoms with E-state index in [2.05, 4.69) is 26.6 Å². The molecule has 0 unspecified atom stereocenters. The van der Waals surface area contributed by atoms with Gasteiger partial charge in [-0.2, -0.15) is 0 Å². The molecule has 1 aromatic carbocycles. The van der Waals surface area contributed by atoms with Crippen molar-refractivity contribution in [1.82, 2.24) is 25.1 Å². The van der Waals surface area contributed by atoms with Crippen LogP contribution in [-0.2, 0) is 0 Å². The summed E-state index contributed by atoms with van der Waals surface area (Å²) in [7, 11) is 0. The first-order valence-corrected chi connectivity index (χ1v) is 9.67. The molecule has 2 aliphatic rings. The Labute approximate surface area is 155 Å². The van der Waals surface area contributed by atoms with Gasteiger partial charge < -0.3 is 15.0 Å². The lowest BCUT2D eigenvalue weighted by Gasteiger charge is -2.23. The van der Waals surface area contributed by atoms with Crippen LogP contribution in [0.2, 0.25) is 0 Å². The van der Waals surface area contributed by atoms with Crippen LogP contribution in [0.5, 0.6) is 5.75 Å². The largest absolute Gasteiger partial charge is 0.507 e. The van der Waals surface area contributed by atoms with Gasteiger partial charge in [-0.3, -0.25) is 0 Å². The first-order valence-electron chi connectivity index (χ1n) is 8.85. The van der Waals surface area contributed by atoms with E-state index in [0.717, 1.165) is 28.5 Å². The maximum Gasteiger partial charge on any atom is 0.151 e. The average Bonchev–Trinajstić information content (AvgIpc) is 3.37. The van der Waals surface area contributed by atoms with Gasteiger partial charge in [0.25, 0.3) is 0 Å². The van der Waals surface area contributed by atoms with Gasteiger partial charge >= 0.3 is 0 Å². The van der Waals surface area contributed by atoms with Crippen LogP contribution in [0.4, 0.5) is 0 Å². The van der Waals surface area contributed by atoms with E-state index in [-0.39, 0.29) is 5.75 Å². The summed E-state index contributed by atoms with van der Waals surface area (Å²) in [6.45, 7) is 0. The number of nitrogens with one attached hydrogen (secondary N) is 1. The molecule has 0 spiro atoms. The Morgan fingerprint density at radius 2 is 2.04 bits per heavy atom. The molecule has 3 aromatic rings. The molecule has 2 N–H and O–H groups in total. The van der Waals surface area contributed by atoms with Crippen LogP contribution < -0.4 is 5.32 Å². The molecular weight excluding hydrogens is 346 g/mol. The quantitative estimate of drug-likeness (QED) is 0.744. The predicted molar refractivity (Wildman–Crippen MR) is 101 cm³/mol. The van der Waals surface area contributed by atoms with Crippen molar-refractivity contribution in [3.8, 4) is 22.0 Å². The van der Waals surface area contributed by atoms with Crippen molar-refractivity contribution >= 4 is 17.4 Å². The van der Waals surface area contributed by atoms with Crippen LogP contribution in [0, 0.1) is 0 Å². The summed E-state index contributed by atoms with van der Waals surface area (Å²) in [4.78, 5) is 4.03. The molecule has 5 rings (SSSR count). The highest BCUT2D eigenvalue weighted by Crippen LogP contribution is 2.35. The number of rotatable bonds is 3. The van der Waals surface area contributed by atoms with E-state index in [0.29, 0.717) is 17.6 Å². The van der Waals surface area contributed by atoms with Crippen molar-refractivity contribution in [3.05, 3.63) is 47.5 Å². The predicted octanol–water partition coefficient (Wildman–Crippen LogP) is 3.39. The lowest BCUT2D eigenvalue weighted by molar-refractivity contribution is 0.476. The van der Waals surface area contributed by atoms with Crippen molar-refractivity contribution < 1.29 is 5.11 Å². The summed E-state index contributed by atoms with van der Waals surface area (Å²) in [5.41, 5.74) is 3.03. The van der Waals surface area contributed by atoms with Gasteiger partial charge in [-0.15, -0.1) is 10.2 Å². The van der Waals surface area contributed by atoms with E-state index in [9.17, 15) is 5.11 Å². The third-order valence-corrected chi connectivity index (χ3v) is 6.04. The Bertz CT molecular complexity index is 948. The van der Waals surface area contributed by atoms with Crippen LogP contribution >= 0.6 is 11.3 Å². The molecule has 6 nitrogen and oxygen atoms in total. The minimum Gasteiger partial charge on any atom is -0.507 e. The second kappa shape index (κ2) is 6.34. The Kier molecular flexibility index (Phi) is 3.83. The third kappa shape index (κ3) is 2.93. The molecule has 7 heteroatoms. The molecule has 4 heterocycles. The average molecular weight is 365 g/mol. The molecule has 2 saturated heterocycles. The van der Waals surface area contributed by atoms with Crippen LogP contribution in [0.25, 0.3) is 22.3 Å². The molecule has 0 radical (unpaired) electrons. The molecule has 0 amide bonds. The molecule has 0 aliphatic carbocycles. The van der Waals surface area contributed by atoms with E-state index in [1.165, 1.54) is 29.8 Å². The number of benzene rings is 1. The van der Waals surface area contributed by atoms with Crippen molar-refractivity contribution in [1.29, 1.82) is 0 Å². The lowest BCUT2D eigenvalue weighted by atomic mass is 9.99. The summed E-state index contributed by atoms with van der Waals surface area (Å²) in [5, 5.41) is 24.3. The van der Waals surface area contributed by atoms with Gasteiger partial charge in [0, 0.05) is 30.5 Å². The lowest BCUT2D eigenvalue weighted by Crippen LogP contribution is -2.34. The molecule has 0 saturated carbocycles. The van der Waals surface area contributed by atoms with Crippen molar-refractivity contribution in [2.24, 2.45) is 0 Å². The molecule has 2 bridgehead atoms. The number of phenolic OH excluding ortho intramolecular Hbond substituents is 1. The Balaban J connectivity index is 1.40. The number of aromatic nitrogens is 4. The number of fused-ring (bicyclic) bond motifs is 2. The fraction of sp³-hybridized carbons (Fsp3) is 0.316. The van der Waals surface area contributed by atoms with Crippen LogP contribution in [0.3, 0.4) is 0 Å². The molecule has 2 atom stereocenters. The Morgan fingerprint density at radius 3 is 2.77 bits per heavy atom. The van der Waals surface area contributed by atoms with Gasteiger partial charge in [0.15, 0.2) is 5.01 Å². The fourth-order valence-electron chi connectivity index (χ4n) is 3.91. The second-order valence-corrected chi connectivity index (χ2v) is 7.97. The SMILES string of the molecule is Oc1cc(-n2ccnc2)ccc1-c1nnc(C=C2C[C@H]3CC[C@@H](C2)N3)s1. The number of hydrogen-bond acceptors (Lipinski definition) is 6. The fourth-order valence-corrected chi connectivity index (χ4v) is 4.78. The van der Waals surface area contributed by atoms with Gasteiger partial charge in [-0.1, -0.05) is 16.9 Å². The number of piperidine rings is 1. The van der Waals surface area contributed by atoms with Crippen LogP contribution in [0.1, 0.15) is 30.7 Å². The minimum absolute atomic E-state index is 0.200. The summed E-state index contributed by atoms with van der Waals surface area (Å²) >= 11 is 1.52. The molecule has 2 fully saturated rings. The molecule has 2 aliphatic heterocycles.